The highest BCUT2D eigenvalue weighted by Gasteiger charge is 2.40. The van der Waals surface area contributed by atoms with Crippen molar-refractivity contribution in [2.45, 2.75) is 52.4 Å². The van der Waals surface area contributed by atoms with Crippen molar-refractivity contribution in [3.8, 4) is 0 Å². The zero-order valence-corrected chi connectivity index (χ0v) is 15.0. The van der Waals surface area contributed by atoms with Gasteiger partial charge < -0.3 is 24.4 Å². The van der Waals surface area contributed by atoms with Gasteiger partial charge in [-0.15, -0.1) is 0 Å². The third-order valence-corrected chi connectivity index (χ3v) is 5.05. The van der Waals surface area contributed by atoms with Gasteiger partial charge in [0, 0.05) is 10.8 Å². The van der Waals surface area contributed by atoms with Crippen LogP contribution in [-0.4, -0.2) is 63.1 Å². The molecule has 138 valence electrons. The molecule has 0 spiro atoms. The molecule has 2 N–H and O–H groups in total. The average molecular weight is 332 g/mol. The lowest BCUT2D eigenvalue weighted by Crippen LogP contribution is -2.49. The van der Waals surface area contributed by atoms with Crippen LogP contribution >= 0.6 is 0 Å². The first kappa shape index (κ1) is 20.8. The average Bonchev–Trinajstić information content (AvgIpc) is 2.43. The Balaban J connectivity index is 0.000000272. The fourth-order valence-electron chi connectivity index (χ4n) is 2.29. The third kappa shape index (κ3) is 7.06. The molecule has 5 nitrogen and oxygen atoms in total. The summed E-state index contributed by atoms with van der Waals surface area (Å²) in [7, 11) is 0. The molecular weight excluding hydrogens is 296 g/mol. The van der Waals surface area contributed by atoms with Gasteiger partial charge in [0.1, 0.15) is 0 Å². The normalized spacial score (nSPS) is 23.0. The molecule has 2 heterocycles. The lowest BCUT2D eigenvalue weighted by Gasteiger charge is -2.44. The highest BCUT2D eigenvalue weighted by molar-refractivity contribution is 4.87. The molecule has 0 radical (unpaired) electrons. The van der Waals surface area contributed by atoms with Crippen LogP contribution in [-0.2, 0) is 14.2 Å². The standard InChI is InChI=1S/C12H22O3.C4H8.C2H6O2/c1-3-11(5-13-6-11)9-15-10-12(4-2)7-14-8-12;1-2-4-3-1;3-1-2-4/h3-10H2,1-2H3;1-4H2;3-4H,1-2H2. The zero-order valence-electron chi connectivity index (χ0n) is 15.0. The molecule has 3 aliphatic rings. The van der Waals surface area contributed by atoms with Crippen LogP contribution in [0.3, 0.4) is 0 Å². The van der Waals surface area contributed by atoms with Crippen molar-refractivity contribution in [1.82, 2.24) is 0 Å². The Morgan fingerprint density at radius 3 is 1.22 bits per heavy atom. The van der Waals surface area contributed by atoms with E-state index in [1.54, 1.807) is 0 Å². The summed E-state index contributed by atoms with van der Waals surface area (Å²) in [6.45, 7) is 9.38. The molecule has 0 amide bonds. The second kappa shape index (κ2) is 11.4. The fourth-order valence-corrected chi connectivity index (χ4v) is 2.29. The summed E-state index contributed by atoms with van der Waals surface area (Å²) in [5.74, 6) is 0. The largest absolute Gasteiger partial charge is 0.394 e. The van der Waals surface area contributed by atoms with Gasteiger partial charge in [-0.25, -0.2) is 0 Å². The second-order valence-corrected chi connectivity index (χ2v) is 7.05. The van der Waals surface area contributed by atoms with Crippen molar-refractivity contribution in [3.63, 3.8) is 0 Å². The van der Waals surface area contributed by atoms with E-state index in [2.05, 4.69) is 13.8 Å². The van der Waals surface area contributed by atoms with E-state index in [1.165, 1.54) is 25.7 Å². The van der Waals surface area contributed by atoms with E-state index < -0.39 is 0 Å². The zero-order chi connectivity index (χ0) is 17.0. The van der Waals surface area contributed by atoms with Gasteiger partial charge in [0.15, 0.2) is 0 Å². The predicted molar refractivity (Wildman–Crippen MR) is 90.5 cm³/mol. The van der Waals surface area contributed by atoms with Crippen molar-refractivity contribution in [2.24, 2.45) is 10.8 Å². The molecule has 3 rings (SSSR count). The summed E-state index contributed by atoms with van der Waals surface area (Å²) in [4.78, 5) is 0. The van der Waals surface area contributed by atoms with Crippen molar-refractivity contribution in [2.75, 3.05) is 52.9 Å². The Bertz CT molecular complexity index is 244. The van der Waals surface area contributed by atoms with Crippen molar-refractivity contribution in [1.29, 1.82) is 0 Å². The van der Waals surface area contributed by atoms with E-state index in [1.807, 2.05) is 0 Å². The minimum Gasteiger partial charge on any atom is -0.394 e. The number of ether oxygens (including phenoxy) is 3. The molecule has 1 aliphatic carbocycles. The summed E-state index contributed by atoms with van der Waals surface area (Å²) in [5.41, 5.74) is 0.638. The van der Waals surface area contributed by atoms with Crippen LogP contribution in [0, 0.1) is 10.8 Å². The van der Waals surface area contributed by atoms with Gasteiger partial charge in [-0.3, -0.25) is 0 Å². The summed E-state index contributed by atoms with van der Waals surface area (Å²) in [6.07, 6.45) is 8.31. The Kier molecular flexibility index (Phi) is 10.3. The number of hydrogen-bond acceptors (Lipinski definition) is 5. The van der Waals surface area contributed by atoms with Crippen LogP contribution in [0.1, 0.15) is 52.4 Å². The molecule has 0 aromatic carbocycles. The van der Waals surface area contributed by atoms with Crippen LogP contribution in [0.4, 0.5) is 0 Å². The van der Waals surface area contributed by atoms with Gasteiger partial charge >= 0.3 is 0 Å². The number of aliphatic hydroxyl groups excluding tert-OH is 2. The smallest absolute Gasteiger partial charge is 0.0662 e. The van der Waals surface area contributed by atoms with Crippen LogP contribution in [0.15, 0.2) is 0 Å². The molecular formula is C18H36O5. The monoisotopic (exact) mass is 332 g/mol. The van der Waals surface area contributed by atoms with Gasteiger partial charge in [0.05, 0.1) is 52.9 Å². The van der Waals surface area contributed by atoms with E-state index in [-0.39, 0.29) is 13.2 Å². The maximum absolute atomic E-state index is 7.62. The maximum atomic E-state index is 7.62. The van der Waals surface area contributed by atoms with Crippen molar-refractivity contribution in [3.05, 3.63) is 0 Å². The van der Waals surface area contributed by atoms with E-state index in [4.69, 9.17) is 24.4 Å². The molecule has 0 aromatic heterocycles. The van der Waals surface area contributed by atoms with Crippen LogP contribution in [0.5, 0.6) is 0 Å². The molecule has 23 heavy (non-hydrogen) atoms. The van der Waals surface area contributed by atoms with E-state index in [0.29, 0.717) is 10.8 Å². The molecule has 0 aromatic rings. The molecule has 0 unspecified atom stereocenters. The van der Waals surface area contributed by atoms with Gasteiger partial charge in [0.2, 0.25) is 0 Å². The van der Waals surface area contributed by atoms with Crippen LogP contribution < -0.4 is 0 Å². The van der Waals surface area contributed by atoms with Gasteiger partial charge in [-0.05, 0) is 12.8 Å². The van der Waals surface area contributed by atoms with Gasteiger partial charge in [-0.2, -0.15) is 0 Å². The highest BCUT2D eigenvalue weighted by atomic mass is 16.5. The molecule has 2 saturated heterocycles. The van der Waals surface area contributed by atoms with Crippen molar-refractivity contribution < 1.29 is 24.4 Å². The molecule has 0 bridgehead atoms. The molecule has 1 saturated carbocycles. The highest BCUT2D eigenvalue weighted by Crippen LogP contribution is 2.35. The summed E-state index contributed by atoms with van der Waals surface area (Å²) < 4.78 is 16.4. The minimum absolute atomic E-state index is 0.125. The Morgan fingerprint density at radius 1 is 0.739 bits per heavy atom. The van der Waals surface area contributed by atoms with Crippen molar-refractivity contribution >= 4 is 0 Å². The topological polar surface area (TPSA) is 68.2 Å². The third-order valence-electron chi connectivity index (χ3n) is 5.05. The molecule has 3 fully saturated rings. The van der Waals surface area contributed by atoms with Gasteiger partial charge in [-0.1, -0.05) is 39.5 Å². The first-order valence-electron chi connectivity index (χ1n) is 9.11. The van der Waals surface area contributed by atoms with E-state index in [9.17, 15) is 0 Å². The van der Waals surface area contributed by atoms with Crippen LogP contribution in [0.25, 0.3) is 0 Å². The lowest BCUT2D eigenvalue weighted by molar-refractivity contribution is -0.187. The Labute approximate surface area is 141 Å². The van der Waals surface area contributed by atoms with Gasteiger partial charge in [0.25, 0.3) is 0 Å². The first-order chi connectivity index (χ1) is 11.2. The first-order valence-corrected chi connectivity index (χ1v) is 9.11. The lowest BCUT2D eigenvalue weighted by atomic mass is 9.83. The van der Waals surface area contributed by atoms with E-state index in [0.717, 1.165) is 52.5 Å². The number of hydrogen-bond donors (Lipinski definition) is 2. The molecule has 5 heteroatoms. The number of aliphatic hydroxyl groups is 2. The second-order valence-electron chi connectivity index (χ2n) is 7.05. The minimum atomic E-state index is -0.125. The molecule has 2 aliphatic heterocycles. The predicted octanol–water partition coefficient (Wildman–Crippen LogP) is 2.39. The summed E-state index contributed by atoms with van der Waals surface area (Å²) >= 11 is 0. The molecule has 0 atom stereocenters. The Morgan fingerprint density at radius 2 is 1.09 bits per heavy atom. The number of rotatable bonds is 7. The fraction of sp³-hybridized carbons (Fsp3) is 1.00. The summed E-state index contributed by atoms with van der Waals surface area (Å²) in [5, 5.41) is 15.2. The quantitative estimate of drug-likeness (QED) is 0.749. The summed E-state index contributed by atoms with van der Waals surface area (Å²) in [6, 6.07) is 0. The maximum Gasteiger partial charge on any atom is 0.0662 e. The Hall–Kier alpha value is -0.200. The SMILES string of the molecule is C1CCC1.CCC1(COCC2(CC)COC2)COC1.OCCO. The van der Waals surface area contributed by atoms with Crippen LogP contribution in [0.2, 0.25) is 0 Å². The van der Waals surface area contributed by atoms with E-state index >= 15 is 0 Å².